The number of thiophene rings is 1. The lowest BCUT2D eigenvalue weighted by Gasteiger charge is -2.40. The molecule has 1 aliphatic rings. The van der Waals surface area contributed by atoms with E-state index in [1.165, 1.54) is 6.07 Å². The van der Waals surface area contributed by atoms with Crippen molar-refractivity contribution in [1.82, 2.24) is 5.32 Å². The maximum Gasteiger partial charge on any atom is 0.247 e. The molecule has 0 unspecified atom stereocenters. The number of sulfonamides is 1. The van der Waals surface area contributed by atoms with Gasteiger partial charge in [0.1, 0.15) is 4.21 Å². The number of primary sulfonamides is 1. The average molecular weight is 318 g/mol. The highest BCUT2D eigenvalue weighted by molar-refractivity contribution is 7.91. The van der Waals surface area contributed by atoms with Crippen molar-refractivity contribution >= 4 is 27.3 Å². The van der Waals surface area contributed by atoms with Gasteiger partial charge in [-0.05, 0) is 31.4 Å². The van der Waals surface area contributed by atoms with E-state index in [0.29, 0.717) is 11.4 Å². The zero-order valence-corrected chi connectivity index (χ0v) is 12.9. The standard InChI is InChI=1S/C12H18N2O4S2/c1-18-12(5-2-6-12)8-14-10(15)7-9-3-4-11(19-9)20(13,16)17/h3-4H,2,5-8H2,1H3,(H,14,15)(H2,13,16,17). The van der Waals surface area contributed by atoms with E-state index in [-0.39, 0.29) is 22.1 Å². The minimum Gasteiger partial charge on any atom is -0.376 e. The minimum absolute atomic E-state index is 0.0765. The van der Waals surface area contributed by atoms with Crippen LogP contribution < -0.4 is 10.5 Å². The Labute approximate surface area is 122 Å². The van der Waals surface area contributed by atoms with Crippen molar-refractivity contribution in [1.29, 1.82) is 0 Å². The molecule has 1 aromatic rings. The summed E-state index contributed by atoms with van der Waals surface area (Å²) in [6.07, 6.45) is 3.18. The Hall–Kier alpha value is -0.960. The lowest BCUT2D eigenvalue weighted by molar-refractivity contribution is -0.124. The molecular formula is C12H18N2O4S2. The number of rotatable bonds is 6. The van der Waals surface area contributed by atoms with E-state index in [1.54, 1.807) is 13.2 Å². The van der Waals surface area contributed by atoms with Gasteiger partial charge in [-0.15, -0.1) is 11.3 Å². The molecule has 1 fully saturated rings. The molecule has 8 heteroatoms. The normalized spacial score (nSPS) is 17.5. The summed E-state index contributed by atoms with van der Waals surface area (Å²) in [6, 6.07) is 3.03. The van der Waals surface area contributed by atoms with Crippen LogP contribution in [0, 0.1) is 0 Å². The number of hydrogen-bond acceptors (Lipinski definition) is 5. The first kappa shape index (κ1) is 15.4. The van der Waals surface area contributed by atoms with Crippen molar-refractivity contribution in [3.8, 4) is 0 Å². The average Bonchev–Trinajstić information content (AvgIpc) is 2.76. The molecule has 0 aliphatic heterocycles. The molecule has 0 atom stereocenters. The van der Waals surface area contributed by atoms with Gasteiger partial charge in [0.25, 0.3) is 0 Å². The third-order valence-corrected chi connectivity index (χ3v) is 6.08. The number of ether oxygens (including phenoxy) is 1. The molecule has 0 aromatic carbocycles. The summed E-state index contributed by atoms with van der Waals surface area (Å²) in [5.74, 6) is -0.142. The minimum atomic E-state index is -3.69. The molecule has 112 valence electrons. The van der Waals surface area contributed by atoms with Crippen LogP contribution in [-0.4, -0.2) is 33.6 Å². The molecule has 0 bridgehead atoms. The Morgan fingerprint density at radius 1 is 1.50 bits per heavy atom. The van der Waals surface area contributed by atoms with Crippen molar-refractivity contribution in [3.05, 3.63) is 17.0 Å². The number of nitrogens with one attached hydrogen (secondary N) is 1. The number of carbonyl (C=O) groups excluding carboxylic acids is 1. The van der Waals surface area contributed by atoms with Crippen LogP contribution in [0.1, 0.15) is 24.1 Å². The Morgan fingerprint density at radius 2 is 2.20 bits per heavy atom. The molecule has 20 heavy (non-hydrogen) atoms. The van der Waals surface area contributed by atoms with E-state index >= 15 is 0 Å². The number of nitrogens with two attached hydrogens (primary N) is 1. The molecule has 1 aromatic heterocycles. The highest BCUT2D eigenvalue weighted by atomic mass is 32.2. The second-order valence-electron chi connectivity index (χ2n) is 4.96. The van der Waals surface area contributed by atoms with E-state index in [1.807, 2.05) is 0 Å². The Balaban J connectivity index is 1.87. The quantitative estimate of drug-likeness (QED) is 0.803. The summed E-state index contributed by atoms with van der Waals surface area (Å²) >= 11 is 1.02. The highest BCUT2D eigenvalue weighted by Gasteiger charge is 2.37. The Bertz CT molecular complexity index is 585. The van der Waals surface area contributed by atoms with Gasteiger partial charge in [0.2, 0.25) is 15.9 Å². The van der Waals surface area contributed by atoms with Crippen LogP contribution in [0.2, 0.25) is 0 Å². The molecule has 2 rings (SSSR count). The zero-order chi connectivity index (χ0) is 14.8. The van der Waals surface area contributed by atoms with Gasteiger partial charge >= 0.3 is 0 Å². The van der Waals surface area contributed by atoms with E-state index in [2.05, 4.69) is 5.32 Å². The number of hydrogen-bond donors (Lipinski definition) is 2. The van der Waals surface area contributed by atoms with Crippen LogP contribution in [0.15, 0.2) is 16.3 Å². The van der Waals surface area contributed by atoms with E-state index in [4.69, 9.17) is 9.88 Å². The molecule has 1 saturated carbocycles. The van der Waals surface area contributed by atoms with Crippen molar-refractivity contribution in [2.75, 3.05) is 13.7 Å². The van der Waals surface area contributed by atoms with Gasteiger partial charge in [0.15, 0.2) is 0 Å². The summed E-state index contributed by atoms with van der Waals surface area (Å²) in [5.41, 5.74) is -0.211. The second-order valence-corrected chi connectivity index (χ2v) is 7.92. The zero-order valence-electron chi connectivity index (χ0n) is 11.2. The van der Waals surface area contributed by atoms with Crippen LogP contribution in [0.25, 0.3) is 0 Å². The first-order chi connectivity index (χ1) is 9.35. The van der Waals surface area contributed by atoms with E-state index < -0.39 is 10.0 Å². The molecule has 1 aliphatic carbocycles. The van der Waals surface area contributed by atoms with Gasteiger partial charge in [0, 0.05) is 18.5 Å². The van der Waals surface area contributed by atoms with Gasteiger partial charge in [-0.2, -0.15) is 0 Å². The fraction of sp³-hybridized carbons (Fsp3) is 0.583. The highest BCUT2D eigenvalue weighted by Crippen LogP contribution is 2.34. The van der Waals surface area contributed by atoms with Gasteiger partial charge in [-0.1, -0.05) is 0 Å². The number of amides is 1. The molecule has 0 saturated heterocycles. The third kappa shape index (κ3) is 3.57. The lowest BCUT2D eigenvalue weighted by atomic mass is 9.80. The van der Waals surface area contributed by atoms with Crippen LogP contribution in [0.4, 0.5) is 0 Å². The van der Waals surface area contributed by atoms with Gasteiger partial charge in [-0.3, -0.25) is 4.79 Å². The first-order valence-corrected chi connectivity index (χ1v) is 8.64. The maximum absolute atomic E-state index is 11.8. The van der Waals surface area contributed by atoms with Crippen LogP contribution >= 0.6 is 11.3 Å². The van der Waals surface area contributed by atoms with Gasteiger partial charge in [-0.25, -0.2) is 13.6 Å². The molecule has 1 amide bonds. The third-order valence-electron chi connectivity index (χ3n) is 3.56. The molecule has 3 N–H and O–H groups in total. The summed E-state index contributed by atoms with van der Waals surface area (Å²) < 4.78 is 27.8. The Morgan fingerprint density at radius 3 is 2.65 bits per heavy atom. The molecular weight excluding hydrogens is 300 g/mol. The van der Waals surface area contributed by atoms with Crippen LogP contribution in [0.3, 0.4) is 0 Å². The van der Waals surface area contributed by atoms with Crippen molar-refractivity contribution < 1.29 is 17.9 Å². The predicted octanol–water partition coefficient (Wildman–Crippen LogP) is 0.623. The second kappa shape index (κ2) is 5.80. The topological polar surface area (TPSA) is 98.5 Å². The molecule has 6 nitrogen and oxygen atoms in total. The van der Waals surface area contributed by atoms with Gasteiger partial charge in [0.05, 0.1) is 12.0 Å². The smallest absolute Gasteiger partial charge is 0.247 e. The van der Waals surface area contributed by atoms with Crippen LogP contribution in [0.5, 0.6) is 0 Å². The summed E-state index contributed by atoms with van der Waals surface area (Å²) in [5, 5.41) is 7.86. The molecule has 0 spiro atoms. The summed E-state index contributed by atoms with van der Waals surface area (Å²) in [6.45, 7) is 0.496. The summed E-state index contributed by atoms with van der Waals surface area (Å²) in [4.78, 5) is 12.5. The largest absolute Gasteiger partial charge is 0.376 e. The van der Waals surface area contributed by atoms with Crippen LogP contribution in [-0.2, 0) is 26.0 Å². The lowest BCUT2D eigenvalue weighted by Crippen LogP contribution is -2.49. The monoisotopic (exact) mass is 318 g/mol. The molecule has 0 radical (unpaired) electrons. The number of carbonyl (C=O) groups is 1. The first-order valence-electron chi connectivity index (χ1n) is 6.28. The number of methoxy groups -OCH3 is 1. The van der Waals surface area contributed by atoms with E-state index in [0.717, 1.165) is 30.6 Å². The SMILES string of the molecule is COC1(CNC(=O)Cc2ccc(S(N)(=O)=O)s2)CCC1. The summed E-state index contributed by atoms with van der Waals surface area (Å²) in [7, 11) is -2.03. The van der Waals surface area contributed by atoms with Crippen molar-refractivity contribution in [2.45, 2.75) is 35.5 Å². The predicted molar refractivity (Wildman–Crippen MR) is 76.0 cm³/mol. The van der Waals surface area contributed by atoms with Crippen molar-refractivity contribution in [3.63, 3.8) is 0 Å². The van der Waals surface area contributed by atoms with E-state index in [9.17, 15) is 13.2 Å². The molecule has 1 heterocycles. The van der Waals surface area contributed by atoms with Crippen molar-refractivity contribution in [2.24, 2.45) is 5.14 Å². The fourth-order valence-electron chi connectivity index (χ4n) is 2.11. The maximum atomic E-state index is 11.8. The van der Waals surface area contributed by atoms with Gasteiger partial charge < -0.3 is 10.1 Å². The fourth-order valence-corrected chi connectivity index (χ4v) is 3.89. The Kier molecular flexibility index (Phi) is 4.48.